The molecule has 0 bridgehead atoms. The minimum absolute atomic E-state index is 0.0721. The number of nitrogens with one attached hydrogen (secondary N) is 1. The van der Waals surface area contributed by atoms with E-state index in [1.165, 1.54) is 0 Å². The average molecular weight is 277 g/mol. The molecule has 1 unspecified atom stereocenters. The van der Waals surface area contributed by atoms with Gasteiger partial charge >= 0.3 is 5.97 Å². The van der Waals surface area contributed by atoms with Gasteiger partial charge in [-0.25, -0.2) is 4.79 Å². The number of hydrogen-bond donors (Lipinski definition) is 2. The zero-order valence-corrected chi connectivity index (χ0v) is 11.5. The fraction of sp³-hybridized carbons (Fsp3) is 0.467. The normalized spacial score (nSPS) is 21.6. The minimum Gasteiger partial charge on any atom is -0.478 e. The van der Waals surface area contributed by atoms with E-state index in [1.54, 1.807) is 24.3 Å². The zero-order chi connectivity index (χ0) is 14.6. The van der Waals surface area contributed by atoms with Crippen molar-refractivity contribution in [1.29, 1.82) is 0 Å². The van der Waals surface area contributed by atoms with Gasteiger partial charge in [0, 0.05) is 13.2 Å². The summed E-state index contributed by atoms with van der Waals surface area (Å²) in [6.07, 6.45) is 2.34. The Morgan fingerprint density at radius 1 is 1.35 bits per heavy atom. The SMILES string of the molecule is CC1(C(=O)NCCc2ccc(C(=O)O)cc2)CCCO1. The maximum absolute atomic E-state index is 12.0. The molecule has 1 fully saturated rings. The number of carbonyl (C=O) groups is 2. The van der Waals surface area contributed by atoms with E-state index in [0.29, 0.717) is 19.6 Å². The predicted octanol–water partition coefficient (Wildman–Crippen LogP) is 1.61. The number of amides is 1. The van der Waals surface area contributed by atoms with Crippen LogP contribution in [0.3, 0.4) is 0 Å². The van der Waals surface area contributed by atoms with Gasteiger partial charge in [-0.1, -0.05) is 12.1 Å². The van der Waals surface area contributed by atoms with Gasteiger partial charge in [0.1, 0.15) is 5.60 Å². The van der Waals surface area contributed by atoms with Gasteiger partial charge < -0.3 is 15.2 Å². The summed E-state index contributed by atoms with van der Waals surface area (Å²) in [6, 6.07) is 6.68. The van der Waals surface area contributed by atoms with Gasteiger partial charge in [0.2, 0.25) is 0 Å². The van der Waals surface area contributed by atoms with E-state index in [-0.39, 0.29) is 11.5 Å². The Morgan fingerprint density at radius 2 is 2.05 bits per heavy atom. The van der Waals surface area contributed by atoms with E-state index in [2.05, 4.69) is 5.32 Å². The lowest BCUT2D eigenvalue weighted by atomic mass is 10.0. The Labute approximate surface area is 117 Å². The molecule has 0 saturated carbocycles. The van der Waals surface area contributed by atoms with Crippen molar-refractivity contribution in [2.75, 3.05) is 13.2 Å². The lowest BCUT2D eigenvalue weighted by Crippen LogP contribution is -2.44. The summed E-state index contributed by atoms with van der Waals surface area (Å²) in [7, 11) is 0. The molecular weight excluding hydrogens is 258 g/mol. The number of hydrogen-bond acceptors (Lipinski definition) is 3. The van der Waals surface area contributed by atoms with Gasteiger partial charge in [0.25, 0.3) is 5.91 Å². The molecule has 1 atom stereocenters. The standard InChI is InChI=1S/C15H19NO4/c1-15(8-2-10-20-15)14(19)16-9-7-11-3-5-12(6-4-11)13(17)18/h3-6H,2,7-10H2,1H3,(H,16,19)(H,17,18). The summed E-state index contributed by atoms with van der Waals surface area (Å²) in [6.45, 7) is 2.97. The van der Waals surface area contributed by atoms with Crippen LogP contribution in [-0.2, 0) is 16.0 Å². The highest BCUT2D eigenvalue weighted by molar-refractivity contribution is 5.87. The van der Waals surface area contributed by atoms with Crippen molar-refractivity contribution in [2.45, 2.75) is 31.8 Å². The van der Waals surface area contributed by atoms with Crippen LogP contribution < -0.4 is 5.32 Å². The first-order valence-corrected chi connectivity index (χ1v) is 6.76. The Balaban J connectivity index is 1.81. The number of aromatic carboxylic acids is 1. The van der Waals surface area contributed by atoms with Crippen LogP contribution in [0.5, 0.6) is 0 Å². The lowest BCUT2D eigenvalue weighted by Gasteiger charge is -2.21. The number of rotatable bonds is 5. The van der Waals surface area contributed by atoms with Crippen molar-refractivity contribution in [3.63, 3.8) is 0 Å². The molecule has 1 aromatic rings. The van der Waals surface area contributed by atoms with Crippen LogP contribution in [0.2, 0.25) is 0 Å². The fourth-order valence-electron chi connectivity index (χ4n) is 2.28. The quantitative estimate of drug-likeness (QED) is 0.857. The van der Waals surface area contributed by atoms with Gasteiger partial charge in [0.05, 0.1) is 5.56 Å². The first-order chi connectivity index (χ1) is 9.51. The second-order valence-electron chi connectivity index (χ2n) is 5.19. The number of ether oxygens (including phenoxy) is 1. The fourth-order valence-corrected chi connectivity index (χ4v) is 2.28. The van der Waals surface area contributed by atoms with E-state index in [4.69, 9.17) is 9.84 Å². The van der Waals surface area contributed by atoms with E-state index in [1.807, 2.05) is 6.92 Å². The summed E-state index contributed by atoms with van der Waals surface area (Å²) >= 11 is 0. The van der Waals surface area contributed by atoms with E-state index in [9.17, 15) is 9.59 Å². The number of benzene rings is 1. The van der Waals surface area contributed by atoms with Crippen molar-refractivity contribution < 1.29 is 19.4 Å². The molecule has 1 amide bonds. The van der Waals surface area contributed by atoms with Crippen LogP contribution in [0.1, 0.15) is 35.7 Å². The zero-order valence-electron chi connectivity index (χ0n) is 11.5. The summed E-state index contributed by atoms with van der Waals surface area (Å²) < 4.78 is 5.47. The van der Waals surface area contributed by atoms with E-state index >= 15 is 0 Å². The Hall–Kier alpha value is -1.88. The molecule has 0 aliphatic carbocycles. The third kappa shape index (κ3) is 3.36. The molecule has 0 radical (unpaired) electrons. The minimum atomic E-state index is -0.934. The molecule has 0 spiro atoms. The number of carbonyl (C=O) groups excluding carboxylic acids is 1. The molecule has 1 aromatic carbocycles. The highest BCUT2D eigenvalue weighted by Gasteiger charge is 2.37. The maximum atomic E-state index is 12.0. The van der Waals surface area contributed by atoms with Crippen LogP contribution in [0.25, 0.3) is 0 Å². The second kappa shape index (κ2) is 6.05. The van der Waals surface area contributed by atoms with Crippen LogP contribution in [-0.4, -0.2) is 35.7 Å². The van der Waals surface area contributed by atoms with Gasteiger partial charge in [-0.2, -0.15) is 0 Å². The molecule has 1 saturated heterocycles. The number of carboxylic acid groups (broad SMARTS) is 1. The van der Waals surface area contributed by atoms with Crippen LogP contribution in [0.15, 0.2) is 24.3 Å². The molecule has 1 aliphatic heterocycles. The average Bonchev–Trinajstić information content (AvgIpc) is 2.87. The monoisotopic (exact) mass is 277 g/mol. The maximum Gasteiger partial charge on any atom is 0.335 e. The second-order valence-corrected chi connectivity index (χ2v) is 5.19. The van der Waals surface area contributed by atoms with Gasteiger partial charge in [-0.15, -0.1) is 0 Å². The van der Waals surface area contributed by atoms with Crippen molar-refractivity contribution in [2.24, 2.45) is 0 Å². The Kier molecular flexibility index (Phi) is 4.39. The van der Waals surface area contributed by atoms with E-state index < -0.39 is 11.6 Å². The molecule has 1 aliphatic rings. The van der Waals surface area contributed by atoms with Gasteiger partial charge in [-0.05, 0) is 43.9 Å². The lowest BCUT2D eigenvalue weighted by molar-refractivity contribution is -0.139. The van der Waals surface area contributed by atoms with Gasteiger partial charge in [-0.3, -0.25) is 4.79 Å². The first-order valence-electron chi connectivity index (χ1n) is 6.76. The highest BCUT2D eigenvalue weighted by atomic mass is 16.5. The summed E-state index contributed by atoms with van der Waals surface area (Å²) in [5.41, 5.74) is 0.574. The molecule has 2 N–H and O–H groups in total. The summed E-state index contributed by atoms with van der Waals surface area (Å²) in [4.78, 5) is 22.7. The molecule has 20 heavy (non-hydrogen) atoms. The van der Waals surface area contributed by atoms with Crippen LogP contribution in [0, 0.1) is 0 Å². The third-order valence-corrected chi connectivity index (χ3v) is 3.60. The third-order valence-electron chi connectivity index (χ3n) is 3.60. The largest absolute Gasteiger partial charge is 0.478 e. The molecular formula is C15H19NO4. The first kappa shape index (κ1) is 14.5. The van der Waals surface area contributed by atoms with E-state index in [0.717, 1.165) is 18.4 Å². The molecule has 0 aromatic heterocycles. The Morgan fingerprint density at radius 3 is 2.60 bits per heavy atom. The van der Waals surface area contributed by atoms with Crippen LogP contribution >= 0.6 is 0 Å². The topological polar surface area (TPSA) is 75.6 Å². The van der Waals surface area contributed by atoms with Gasteiger partial charge in [0.15, 0.2) is 0 Å². The Bertz CT molecular complexity index is 489. The summed E-state index contributed by atoms with van der Waals surface area (Å²) in [5.74, 6) is -1.01. The molecule has 5 heteroatoms. The predicted molar refractivity (Wildman–Crippen MR) is 73.7 cm³/mol. The smallest absolute Gasteiger partial charge is 0.335 e. The summed E-state index contributed by atoms with van der Waals surface area (Å²) in [5, 5.41) is 11.7. The van der Waals surface area contributed by atoms with Crippen molar-refractivity contribution in [3.05, 3.63) is 35.4 Å². The van der Waals surface area contributed by atoms with Crippen molar-refractivity contribution in [3.8, 4) is 0 Å². The molecule has 1 heterocycles. The molecule has 108 valence electrons. The molecule has 2 rings (SSSR count). The van der Waals surface area contributed by atoms with Crippen molar-refractivity contribution >= 4 is 11.9 Å². The number of carboxylic acids is 1. The highest BCUT2D eigenvalue weighted by Crippen LogP contribution is 2.24. The van der Waals surface area contributed by atoms with Crippen LogP contribution in [0.4, 0.5) is 0 Å². The van der Waals surface area contributed by atoms with Crippen molar-refractivity contribution in [1.82, 2.24) is 5.32 Å². The molecule has 5 nitrogen and oxygen atoms in total.